The van der Waals surface area contributed by atoms with Crippen LogP contribution in [0.3, 0.4) is 0 Å². The summed E-state index contributed by atoms with van der Waals surface area (Å²) in [5, 5.41) is 5.30. The zero-order valence-electron chi connectivity index (χ0n) is 13.6. The zero-order valence-corrected chi connectivity index (χ0v) is 14.4. The molecule has 0 N–H and O–H groups in total. The van der Waals surface area contributed by atoms with E-state index in [0.29, 0.717) is 5.92 Å². The third kappa shape index (κ3) is 3.97. The van der Waals surface area contributed by atoms with Crippen LogP contribution >= 0.6 is 11.3 Å². The van der Waals surface area contributed by atoms with Crippen molar-refractivity contribution >= 4 is 11.3 Å². The molecule has 4 rings (SSSR count). The Balaban J connectivity index is 1.29. The van der Waals surface area contributed by atoms with Crippen molar-refractivity contribution in [1.82, 2.24) is 24.9 Å². The third-order valence-corrected chi connectivity index (χ3v) is 5.40. The molecule has 3 heterocycles. The van der Waals surface area contributed by atoms with E-state index >= 15 is 0 Å². The molecule has 7 heteroatoms. The molecular formula is C16H23N5OS. The fourth-order valence-electron chi connectivity index (χ4n) is 3.07. The number of aryl methyl sites for hydroxylation is 1. The molecular weight excluding hydrogens is 310 g/mol. The van der Waals surface area contributed by atoms with Crippen molar-refractivity contribution in [3.63, 3.8) is 0 Å². The van der Waals surface area contributed by atoms with E-state index in [2.05, 4.69) is 31.8 Å². The molecule has 6 nitrogen and oxygen atoms in total. The van der Waals surface area contributed by atoms with Crippen LogP contribution in [0, 0.1) is 6.92 Å². The first-order valence-corrected chi connectivity index (χ1v) is 9.26. The highest BCUT2D eigenvalue weighted by Gasteiger charge is 2.29. The van der Waals surface area contributed by atoms with Crippen molar-refractivity contribution in [3.8, 4) is 0 Å². The molecule has 0 atom stereocenters. The largest absolute Gasteiger partial charge is 0.339 e. The Hall–Kier alpha value is -1.31. The predicted octanol–water partition coefficient (Wildman–Crippen LogP) is 2.42. The molecule has 1 saturated heterocycles. The first-order chi connectivity index (χ1) is 11.3. The van der Waals surface area contributed by atoms with Gasteiger partial charge in [0, 0.05) is 36.6 Å². The Morgan fingerprint density at radius 2 is 1.96 bits per heavy atom. The van der Waals surface area contributed by atoms with Crippen LogP contribution < -0.4 is 0 Å². The summed E-state index contributed by atoms with van der Waals surface area (Å²) in [6.07, 6.45) is 5.61. The minimum Gasteiger partial charge on any atom is -0.339 e. The van der Waals surface area contributed by atoms with E-state index < -0.39 is 0 Å². The van der Waals surface area contributed by atoms with E-state index in [-0.39, 0.29) is 0 Å². The van der Waals surface area contributed by atoms with Gasteiger partial charge in [-0.15, -0.1) is 11.3 Å². The minimum absolute atomic E-state index is 0.540. The monoisotopic (exact) mass is 333 g/mol. The number of hydrogen-bond donors (Lipinski definition) is 0. The van der Waals surface area contributed by atoms with Gasteiger partial charge in [-0.1, -0.05) is 5.16 Å². The molecule has 2 fully saturated rings. The van der Waals surface area contributed by atoms with Gasteiger partial charge in [0.1, 0.15) is 0 Å². The molecule has 2 aromatic rings. The average Bonchev–Trinajstić information content (AvgIpc) is 3.21. The van der Waals surface area contributed by atoms with Gasteiger partial charge in [0.05, 0.1) is 11.6 Å². The second-order valence-electron chi connectivity index (χ2n) is 6.57. The number of hydrogen-bond acceptors (Lipinski definition) is 7. The first-order valence-electron chi connectivity index (χ1n) is 8.45. The lowest BCUT2D eigenvalue weighted by atomic mass is 10.3. The summed E-state index contributed by atoms with van der Waals surface area (Å²) in [5.41, 5.74) is 0. The summed E-state index contributed by atoms with van der Waals surface area (Å²) < 4.78 is 5.36. The van der Waals surface area contributed by atoms with Gasteiger partial charge in [0.25, 0.3) is 0 Å². The van der Waals surface area contributed by atoms with E-state index in [1.54, 1.807) is 11.3 Å². The number of rotatable bonds is 5. The molecule has 2 aromatic heterocycles. The highest BCUT2D eigenvalue weighted by atomic mass is 32.1. The maximum Gasteiger partial charge on any atom is 0.229 e. The minimum atomic E-state index is 0.540. The average molecular weight is 333 g/mol. The molecule has 0 spiro atoms. The number of aromatic nitrogens is 3. The van der Waals surface area contributed by atoms with Crippen LogP contribution in [-0.2, 0) is 13.1 Å². The van der Waals surface area contributed by atoms with Crippen LogP contribution in [-0.4, -0.2) is 51.1 Å². The fourth-order valence-corrected chi connectivity index (χ4v) is 3.90. The molecule has 0 unspecified atom stereocenters. The molecule has 0 amide bonds. The summed E-state index contributed by atoms with van der Waals surface area (Å²) in [6.45, 7) is 8.30. The normalized spacial score (nSPS) is 20.7. The van der Waals surface area contributed by atoms with Crippen molar-refractivity contribution in [3.05, 3.63) is 27.8 Å². The second kappa shape index (κ2) is 6.67. The molecule has 0 aromatic carbocycles. The quantitative estimate of drug-likeness (QED) is 0.837. The summed E-state index contributed by atoms with van der Waals surface area (Å²) in [4.78, 5) is 15.2. The zero-order chi connectivity index (χ0) is 15.6. The van der Waals surface area contributed by atoms with Gasteiger partial charge in [0.2, 0.25) is 5.89 Å². The van der Waals surface area contributed by atoms with Gasteiger partial charge in [-0.25, -0.2) is 4.98 Å². The lowest BCUT2D eigenvalue weighted by Gasteiger charge is -2.20. The first kappa shape index (κ1) is 15.2. The third-order valence-electron chi connectivity index (χ3n) is 4.51. The van der Waals surface area contributed by atoms with Crippen LogP contribution in [0.25, 0.3) is 0 Å². The Kier molecular flexibility index (Phi) is 4.41. The van der Waals surface area contributed by atoms with Crippen LogP contribution in [0.15, 0.2) is 10.7 Å². The Morgan fingerprint density at radius 3 is 2.65 bits per heavy atom. The molecule has 1 saturated carbocycles. The fraction of sp³-hybridized carbons (Fsp3) is 0.688. The van der Waals surface area contributed by atoms with Crippen LogP contribution in [0.5, 0.6) is 0 Å². The predicted molar refractivity (Wildman–Crippen MR) is 88.3 cm³/mol. The summed E-state index contributed by atoms with van der Waals surface area (Å²) in [5.74, 6) is 2.23. The lowest BCUT2D eigenvalue weighted by molar-refractivity contribution is 0.242. The van der Waals surface area contributed by atoms with Crippen molar-refractivity contribution in [2.75, 3.05) is 26.2 Å². The lowest BCUT2D eigenvalue weighted by Crippen LogP contribution is -2.30. The van der Waals surface area contributed by atoms with Crippen LogP contribution in [0.4, 0.5) is 0 Å². The van der Waals surface area contributed by atoms with Crippen LogP contribution in [0.2, 0.25) is 0 Å². The Morgan fingerprint density at radius 1 is 1.17 bits per heavy atom. The van der Waals surface area contributed by atoms with Crippen LogP contribution in [0.1, 0.15) is 46.8 Å². The molecule has 1 aliphatic heterocycles. The van der Waals surface area contributed by atoms with E-state index in [4.69, 9.17) is 4.52 Å². The summed E-state index contributed by atoms with van der Waals surface area (Å²) in [6, 6.07) is 0. The molecule has 0 radical (unpaired) electrons. The van der Waals surface area contributed by atoms with Crippen molar-refractivity contribution in [2.45, 2.75) is 45.2 Å². The van der Waals surface area contributed by atoms with Gasteiger partial charge in [-0.3, -0.25) is 9.80 Å². The topological polar surface area (TPSA) is 58.3 Å². The van der Waals surface area contributed by atoms with E-state index in [0.717, 1.165) is 56.0 Å². The SMILES string of the molecule is Cc1ncc(CN2CCCN(Cc3noc(C4CC4)n3)CC2)s1. The maximum absolute atomic E-state index is 5.36. The van der Waals surface area contributed by atoms with Crippen molar-refractivity contribution in [1.29, 1.82) is 0 Å². The molecule has 23 heavy (non-hydrogen) atoms. The van der Waals surface area contributed by atoms with Gasteiger partial charge >= 0.3 is 0 Å². The van der Waals surface area contributed by atoms with Crippen molar-refractivity contribution < 1.29 is 4.52 Å². The number of thiazole rings is 1. The number of nitrogens with zero attached hydrogens (tertiary/aromatic N) is 5. The van der Waals surface area contributed by atoms with Gasteiger partial charge in [-0.05, 0) is 39.3 Å². The molecule has 1 aliphatic carbocycles. The molecule has 2 aliphatic rings. The second-order valence-corrected chi connectivity index (χ2v) is 7.89. The molecule has 0 bridgehead atoms. The summed E-state index contributed by atoms with van der Waals surface area (Å²) in [7, 11) is 0. The van der Waals surface area contributed by atoms with E-state index in [1.165, 1.54) is 24.1 Å². The highest BCUT2D eigenvalue weighted by molar-refractivity contribution is 7.11. The van der Waals surface area contributed by atoms with Gasteiger partial charge in [-0.2, -0.15) is 4.98 Å². The Bertz CT molecular complexity index is 650. The standard InChI is InChI=1S/C16H23N5OS/c1-12-17-9-14(23-12)10-20-5-2-6-21(8-7-20)11-15-18-16(22-19-15)13-3-4-13/h9,13H,2-8,10-11H2,1H3. The van der Waals surface area contributed by atoms with E-state index in [9.17, 15) is 0 Å². The smallest absolute Gasteiger partial charge is 0.229 e. The van der Waals surface area contributed by atoms with Gasteiger partial charge in [0.15, 0.2) is 5.82 Å². The van der Waals surface area contributed by atoms with E-state index in [1.807, 2.05) is 6.20 Å². The maximum atomic E-state index is 5.36. The molecule has 124 valence electrons. The Labute approximate surface area is 140 Å². The van der Waals surface area contributed by atoms with Gasteiger partial charge < -0.3 is 4.52 Å². The summed E-state index contributed by atoms with van der Waals surface area (Å²) >= 11 is 1.80. The highest BCUT2D eigenvalue weighted by Crippen LogP contribution is 2.38. The van der Waals surface area contributed by atoms with Crippen molar-refractivity contribution in [2.24, 2.45) is 0 Å².